The van der Waals surface area contributed by atoms with Gasteiger partial charge in [0.2, 0.25) is 11.8 Å². The lowest BCUT2D eigenvalue weighted by molar-refractivity contribution is -0.143. The van der Waals surface area contributed by atoms with Gasteiger partial charge >= 0.3 is 6.18 Å². The van der Waals surface area contributed by atoms with Crippen LogP contribution in [0.1, 0.15) is 27.9 Å². The number of rotatable bonds is 12. The number of likely N-dealkylation sites (N-methyl/N-ethyl adjacent to an activating group) is 1. The van der Waals surface area contributed by atoms with Crippen molar-refractivity contribution >= 4 is 23.6 Å². The maximum Gasteiger partial charge on any atom is 0.433 e. The van der Waals surface area contributed by atoms with Gasteiger partial charge in [-0.1, -0.05) is 60.7 Å². The highest BCUT2D eigenvalue weighted by Crippen LogP contribution is 2.27. The average Bonchev–Trinajstić information content (AvgIpc) is 3.13. The van der Waals surface area contributed by atoms with E-state index >= 15 is 0 Å². The number of alkyl halides is 3. The van der Waals surface area contributed by atoms with Gasteiger partial charge in [0.1, 0.15) is 17.5 Å². The summed E-state index contributed by atoms with van der Waals surface area (Å²) in [5.41, 5.74) is 2.91. The van der Waals surface area contributed by atoms with Gasteiger partial charge in [0.15, 0.2) is 0 Å². The minimum atomic E-state index is -4.57. The van der Waals surface area contributed by atoms with E-state index in [0.717, 1.165) is 47.7 Å². The lowest BCUT2D eigenvalue weighted by Crippen LogP contribution is -2.50. The molecule has 0 unspecified atom stereocenters. The fourth-order valence-corrected chi connectivity index (χ4v) is 5.61. The summed E-state index contributed by atoms with van der Waals surface area (Å²) in [5.74, 6) is -0.0297. The minimum Gasteiger partial charge on any atom is -0.497 e. The Morgan fingerprint density at radius 1 is 0.898 bits per heavy atom. The van der Waals surface area contributed by atoms with Gasteiger partial charge in [-0.3, -0.25) is 14.6 Å². The number of hydrogen-bond acceptors (Lipinski definition) is 6. The van der Waals surface area contributed by atoms with Crippen LogP contribution < -0.4 is 9.64 Å². The molecule has 2 amide bonds. The number of pyridine rings is 1. The number of amides is 2. The second kappa shape index (κ2) is 16.3. The highest BCUT2D eigenvalue weighted by atomic mass is 19.4. The predicted octanol–water partition coefficient (Wildman–Crippen LogP) is 6.26. The van der Waals surface area contributed by atoms with Crippen LogP contribution in [-0.2, 0) is 40.0 Å². The van der Waals surface area contributed by atoms with E-state index in [1.807, 2.05) is 78.9 Å². The van der Waals surface area contributed by atoms with Crippen LogP contribution >= 0.6 is 0 Å². The third-order valence-electron chi connectivity index (χ3n) is 8.33. The van der Waals surface area contributed by atoms with Crippen LogP contribution in [0, 0.1) is 0 Å². The molecule has 0 spiro atoms. The van der Waals surface area contributed by atoms with Crippen molar-refractivity contribution in [3.05, 3.63) is 131 Å². The Morgan fingerprint density at radius 3 is 2.16 bits per heavy atom. The van der Waals surface area contributed by atoms with Crippen molar-refractivity contribution in [2.24, 2.45) is 0 Å². The number of ether oxygens (including phenoxy) is 2. The molecule has 1 aliphatic heterocycles. The average molecular weight is 673 g/mol. The number of carbonyl (C=O) groups is 2. The monoisotopic (exact) mass is 672 g/mol. The van der Waals surface area contributed by atoms with Crippen molar-refractivity contribution < 1.29 is 32.2 Å². The number of hydrogen-bond donors (Lipinski definition) is 0. The van der Waals surface area contributed by atoms with Gasteiger partial charge in [0.05, 0.1) is 20.3 Å². The second-order valence-electron chi connectivity index (χ2n) is 11.8. The molecule has 0 saturated carbocycles. The Kier molecular flexibility index (Phi) is 11.7. The highest BCUT2D eigenvalue weighted by molar-refractivity contribution is 5.95. The second-order valence-corrected chi connectivity index (χ2v) is 11.8. The first-order valence-electron chi connectivity index (χ1n) is 16.0. The quantitative estimate of drug-likeness (QED) is 0.166. The van der Waals surface area contributed by atoms with E-state index in [1.165, 1.54) is 23.1 Å². The molecule has 11 heteroatoms. The summed E-state index contributed by atoms with van der Waals surface area (Å²) in [4.78, 5) is 37.3. The molecule has 1 saturated heterocycles. The molecule has 4 aromatic rings. The fraction of sp³-hybridized carbons (Fsp3) is 0.289. The zero-order chi connectivity index (χ0) is 34.8. The summed E-state index contributed by atoms with van der Waals surface area (Å²) >= 11 is 0. The first-order valence-corrected chi connectivity index (χ1v) is 16.0. The Morgan fingerprint density at radius 2 is 1.55 bits per heavy atom. The summed E-state index contributed by atoms with van der Waals surface area (Å²) in [6.07, 6.45) is -0.568. The maximum absolute atomic E-state index is 14.3. The molecule has 256 valence electrons. The zero-order valence-corrected chi connectivity index (χ0v) is 27.5. The van der Waals surface area contributed by atoms with E-state index < -0.39 is 23.8 Å². The Bertz CT molecular complexity index is 1690. The standard InChI is InChI=1S/C38H39F3N4O4/c1-43(26-30-10-16-33(48-2)17-11-30)37(47)34(24-28-6-4-3-5-7-28)45(27-31-8-14-32(15-9-31)44-20-22-49-23-21-44)36(46)19-13-29-12-18-35(42-25-29)38(39,40)41/h3-19,25,34H,20-24,26-27H2,1-2H3/b19-13+/t34-/m0/s1. The number of methoxy groups -OCH3 is 1. The molecule has 3 aromatic carbocycles. The Labute approximate surface area is 284 Å². The van der Waals surface area contributed by atoms with E-state index in [4.69, 9.17) is 9.47 Å². The van der Waals surface area contributed by atoms with E-state index in [1.54, 1.807) is 19.1 Å². The summed E-state index contributed by atoms with van der Waals surface area (Å²) in [6.45, 7) is 3.29. The molecule has 5 rings (SSSR count). The van der Waals surface area contributed by atoms with Crippen molar-refractivity contribution in [2.45, 2.75) is 31.7 Å². The van der Waals surface area contributed by atoms with Crippen molar-refractivity contribution in [1.29, 1.82) is 0 Å². The van der Waals surface area contributed by atoms with Crippen LogP contribution in [0.25, 0.3) is 6.08 Å². The highest BCUT2D eigenvalue weighted by Gasteiger charge is 2.33. The lowest BCUT2D eigenvalue weighted by atomic mass is 10.0. The third-order valence-corrected chi connectivity index (χ3v) is 8.33. The summed E-state index contributed by atoms with van der Waals surface area (Å²) in [5, 5.41) is 0. The number of nitrogens with zero attached hydrogens (tertiary/aromatic N) is 4. The third kappa shape index (κ3) is 9.70. The van der Waals surface area contributed by atoms with Crippen LogP contribution in [0.2, 0.25) is 0 Å². The van der Waals surface area contributed by atoms with Gasteiger partial charge < -0.3 is 24.2 Å². The minimum absolute atomic E-state index is 0.122. The van der Waals surface area contributed by atoms with E-state index in [-0.39, 0.29) is 18.9 Å². The number of aromatic nitrogens is 1. The normalized spacial score (nSPS) is 14.0. The first-order chi connectivity index (χ1) is 23.6. The molecule has 0 bridgehead atoms. The van der Waals surface area contributed by atoms with Gasteiger partial charge in [0.25, 0.3) is 0 Å². The molecule has 1 aromatic heterocycles. The molecule has 2 heterocycles. The van der Waals surface area contributed by atoms with Crippen LogP contribution in [0.3, 0.4) is 0 Å². The number of anilines is 1. The predicted molar refractivity (Wildman–Crippen MR) is 182 cm³/mol. The van der Waals surface area contributed by atoms with Crippen molar-refractivity contribution in [3.63, 3.8) is 0 Å². The number of halogens is 3. The molecular formula is C38H39F3N4O4. The van der Waals surface area contributed by atoms with Crippen LogP contribution in [0.4, 0.5) is 18.9 Å². The Hall–Kier alpha value is -5.16. The van der Waals surface area contributed by atoms with E-state index in [2.05, 4.69) is 9.88 Å². The van der Waals surface area contributed by atoms with Gasteiger partial charge in [-0.25, -0.2) is 0 Å². The summed E-state index contributed by atoms with van der Waals surface area (Å²) in [7, 11) is 3.29. The van der Waals surface area contributed by atoms with Gasteiger partial charge in [-0.05, 0) is 58.7 Å². The van der Waals surface area contributed by atoms with Crippen molar-refractivity contribution in [1.82, 2.24) is 14.8 Å². The molecule has 0 N–H and O–H groups in total. The van der Waals surface area contributed by atoms with Crippen molar-refractivity contribution in [3.8, 4) is 5.75 Å². The molecule has 49 heavy (non-hydrogen) atoms. The number of carbonyl (C=O) groups excluding carboxylic acids is 2. The Balaban J connectivity index is 1.46. The molecule has 0 radical (unpaired) electrons. The summed E-state index contributed by atoms with van der Waals surface area (Å²) < 4.78 is 49.9. The largest absolute Gasteiger partial charge is 0.497 e. The number of benzene rings is 3. The van der Waals surface area contributed by atoms with Gasteiger partial charge in [0, 0.05) is 57.6 Å². The molecule has 8 nitrogen and oxygen atoms in total. The summed E-state index contributed by atoms with van der Waals surface area (Å²) in [6, 6.07) is 26.0. The van der Waals surface area contributed by atoms with Gasteiger partial charge in [-0.2, -0.15) is 13.2 Å². The SMILES string of the molecule is COc1ccc(CN(C)C(=O)[C@H](Cc2ccccc2)N(Cc2ccc(N3CCOCC3)cc2)C(=O)/C=C/c2ccc(C(F)(F)F)nc2)cc1. The molecule has 1 aliphatic rings. The fourth-order valence-electron chi connectivity index (χ4n) is 5.61. The molecular weight excluding hydrogens is 633 g/mol. The topological polar surface area (TPSA) is 75.2 Å². The van der Waals surface area contributed by atoms with E-state index in [0.29, 0.717) is 31.1 Å². The first kappa shape index (κ1) is 35.2. The zero-order valence-electron chi connectivity index (χ0n) is 27.5. The van der Waals surface area contributed by atoms with Crippen molar-refractivity contribution in [2.75, 3.05) is 45.4 Å². The lowest BCUT2D eigenvalue weighted by Gasteiger charge is -2.34. The van der Waals surface area contributed by atoms with Crippen LogP contribution in [0.15, 0.2) is 103 Å². The van der Waals surface area contributed by atoms with Crippen LogP contribution in [0.5, 0.6) is 5.75 Å². The smallest absolute Gasteiger partial charge is 0.433 e. The number of morpholine rings is 1. The molecule has 0 aliphatic carbocycles. The van der Waals surface area contributed by atoms with Crippen LogP contribution in [-0.4, -0.2) is 73.1 Å². The maximum atomic E-state index is 14.3. The molecule has 1 atom stereocenters. The van der Waals surface area contributed by atoms with Gasteiger partial charge in [-0.15, -0.1) is 0 Å². The molecule has 1 fully saturated rings. The van der Waals surface area contributed by atoms with E-state index in [9.17, 15) is 22.8 Å².